The lowest BCUT2D eigenvalue weighted by Gasteiger charge is -2.24. The van der Waals surface area contributed by atoms with E-state index in [4.69, 9.17) is 18.5 Å². The zero-order chi connectivity index (χ0) is 44.8. The lowest BCUT2D eigenvalue weighted by molar-refractivity contribution is -0.870. The second-order valence-electron chi connectivity index (χ2n) is 16.4. The molecule has 0 fully saturated rings. The summed E-state index contributed by atoms with van der Waals surface area (Å²) < 4.78 is 35.0. The van der Waals surface area contributed by atoms with Gasteiger partial charge in [-0.3, -0.25) is 13.8 Å². The van der Waals surface area contributed by atoms with E-state index >= 15 is 0 Å². The number of hydrogen-bond acceptors (Lipinski definition) is 6. The Morgan fingerprint density at radius 1 is 0.508 bits per heavy atom. The first-order chi connectivity index (χ1) is 29.6. The number of unbranched alkanes of at least 4 members (excludes halogenated alkanes) is 10. The third-order valence-corrected chi connectivity index (χ3v) is 10.3. The Bertz CT molecular complexity index is 1340. The standard InChI is InChI=1S/C52H88NO7P/c1-6-8-10-12-14-16-18-20-22-24-26-27-28-29-31-33-35-37-39-41-43-45-52(54)60-51(50-59-61(55,56)58-48-46-53(3,4)5)49-57-47-44-42-40-38-36-34-32-30-25-23-21-19-17-15-13-11-9-7-2/h8-11,14-17,20-23,26-27,30,32,36,38,51H,6-7,12-13,18-19,24-25,28-29,31,33-35,37,39-50H2,1-5H3/p+1/b10-8-,11-9-,16-14-,17-15-,22-20-,23-21-,27-26-,32-30-,38-36-. The van der Waals surface area contributed by atoms with Crippen molar-refractivity contribution in [2.75, 3.05) is 54.1 Å². The van der Waals surface area contributed by atoms with Crippen LogP contribution in [-0.4, -0.2) is 75.6 Å². The van der Waals surface area contributed by atoms with Crippen molar-refractivity contribution in [2.24, 2.45) is 0 Å². The molecule has 0 saturated carbocycles. The van der Waals surface area contributed by atoms with Gasteiger partial charge in [0.15, 0.2) is 0 Å². The zero-order valence-electron chi connectivity index (χ0n) is 39.4. The topological polar surface area (TPSA) is 91.3 Å². The quantitative estimate of drug-likeness (QED) is 0.0215. The van der Waals surface area contributed by atoms with Crippen LogP contribution in [0.3, 0.4) is 0 Å². The second kappa shape index (κ2) is 43.8. The van der Waals surface area contributed by atoms with Crippen LogP contribution in [-0.2, 0) is 27.9 Å². The molecule has 0 aliphatic carbocycles. The average molecular weight is 871 g/mol. The number of carbonyl (C=O) groups is 1. The van der Waals surface area contributed by atoms with Gasteiger partial charge in [-0.2, -0.15) is 0 Å². The predicted molar refractivity (Wildman–Crippen MR) is 261 cm³/mol. The fourth-order valence-corrected chi connectivity index (χ4v) is 6.49. The third-order valence-electron chi connectivity index (χ3n) is 9.33. The van der Waals surface area contributed by atoms with Crippen LogP contribution in [0.1, 0.15) is 155 Å². The molecule has 61 heavy (non-hydrogen) atoms. The summed E-state index contributed by atoms with van der Waals surface area (Å²) in [5, 5.41) is 0. The number of esters is 1. The summed E-state index contributed by atoms with van der Waals surface area (Å²) in [4.78, 5) is 23.0. The SMILES string of the molecule is CC/C=C\C/C=C\C/C=C\C/C=C\C/C=C\CCCCOCC(COP(=O)(O)OCC[N+](C)(C)C)OC(=O)CCCCCCCCCC/C=C\C/C=C\C/C=C\C/C=C\CC. The predicted octanol–water partition coefficient (Wildman–Crippen LogP) is 14.4. The van der Waals surface area contributed by atoms with Gasteiger partial charge in [-0.05, 0) is 96.3 Å². The molecule has 0 aliphatic rings. The van der Waals surface area contributed by atoms with E-state index in [9.17, 15) is 14.3 Å². The molecule has 0 aromatic rings. The maximum Gasteiger partial charge on any atom is 0.472 e. The van der Waals surface area contributed by atoms with Gasteiger partial charge in [0.1, 0.15) is 19.3 Å². The molecule has 1 N–H and O–H groups in total. The molecular formula is C52H89NO7P+. The van der Waals surface area contributed by atoms with Crippen LogP contribution in [0.15, 0.2) is 109 Å². The van der Waals surface area contributed by atoms with Gasteiger partial charge in [-0.1, -0.05) is 162 Å². The van der Waals surface area contributed by atoms with Gasteiger partial charge in [-0.15, -0.1) is 0 Å². The molecule has 8 nitrogen and oxygen atoms in total. The van der Waals surface area contributed by atoms with E-state index in [2.05, 4.69) is 123 Å². The number of ether oxygens (including phenoxy) is 2. The van der Waals surface area contributed by atoms with E-state index in [0.717, 1.165) is 103 Å². The van der Waals surface area contributed by atoms with Crippen molar-refractivity contribution < 1.29 is 37.3 Å². The van der Waals surface area contributed by atoms with E-state index in [1.54, 1.807) is 0 Å². The van der Waals surface area contributed by atoms with Crippen molar-refractivity contribution in [1.29, 1.82) is 0 Å². The third kappa shape index (κ3) is 48.1. The molecule has 9 heteroatoms. The van der Waals surface area contributed by atoms with Crippen LogP contribution < -0.4 is 0 Å². The summed E-state index contributed by atoms with van der Waals surface area (Å²) in [6.45, 7) is 5.24. The number of nitrogens with zero attached hydrogens (tertiary/aromatic N) is 1. The van der Waals surface area contributed by atoms with Crippen LogP contribution in [0.25, 0.3) is 0 Å². The first kappa shape index (κ1) is 58.2. The summed E-state index contributed by atoms with van der Waals surface area (Å²) >= 11 is 0. The van der Waals surface area contributed by atoms with Crippen molar-refractivity contribution in [1.82, 2.24) is 0 Å². The Hall–Kier alpha value is -2.84. The Labute approximate surface area is 374 Å². The van der Waals surface area contributed by atoms with E-state index in [1.165, 1.54) is 32.1 Å². The highest BCUT2D eigenvalue weighted by Crippen LogP contribution is 2.43. The molecule has 0 aromatic heterocycles. The Morgan fingerprint density at radius 3 is 1.34 bits per heavy atom. The number of allylic oxidation sites excluding steroid dienone is 18. The largest absolute Gasteiger partial charge is 0.472 e. The van der Waals surface area contributed by atoms with Crippen LogP contribution in [0, 0.1) is 0 Å². The zero-order valence-corrected chi connectivity index (χ0v) is 40.2. The molecule has 0 rings (SSSR count). The lowest BCUT2D eigenvalue weighted by Crippen LogP contribution is -2.37. The van der Waals surface area contributed by atoms with E-state index < -0.39 is 13.9 Å². The van der Waals surface area contributed by atoms with Gasteiger partial charge in [0.2, 0.25) is 0 Å². The number of likely N-dealkylation sites (N-methyl/N-ethyl adjacent to an activating group) is 1. The number of phosphoric ester groups is 1. The van der Waals surface area contributed by atoms with Crippen molar-refractivity contribution in [3.8, 4) is 0 Å². The fraction of sp³-hybridized carbons (Fsp3) is 0.635. The summed E-state index contributed by atoms with van der Waals surface area (Å²) in [6, 6.07) is 0. The van der Waals surface area contributed by atoms with Crippen LogP contribution in [0.2, 0.25) is 0 Å². The molecule has 0 bridgehead atoms. The van der Waals surface area contributed by atoms with E-state index in [-0.39, 0.29) is 25.8 Å². The van der Waals surface area contributed by atoms with Crippen molar-refractivity contribution >= 4 is 13.8 Å². The molecule has 0 heterocycles. The van der Waals surface area contributed by atoms with Gasteiger partial charge in [-0.25, -0.2) is 4.57 Å². The maximum absolute atomic E-state index is 12.7. The van der Waals surface area contributed by atoms with Crippen LogP contribution in [0.5, 0.6) is 0 Å². The van der Waals surface area contributed by atoms with Crippen molar-refractivity contribution in [3.63, 3.8) is 0 Å². The molecule has 0 amide bonds. The number of quaternary nitrogens is 1. The van der Waals surface area contributed by atoms with Gasteiger partial charge >= 0.3 is 13.8 Å². The molecule has 0 spiro atoms. The van der Waals surface area contributed by atoms with Crippen LogP contribution >= 0.6 is 7.82 Å². The average Bonchev–Trinajstić information content (AvgIpc) is 3.22. The monoisotopic (exact) mass is 871 g/mol. The molecule has 0 aliphatic heterocycles. The Balaban J connectivity index is 4.31. The molecule has 0 radical (unpaired) electrons. The fourth-order valence-electron chi connectivity index (χ4n) is 5.75. The number of phosphoric acid groups is 1. The van der Waals surface area contributed by atoms with Gasteiger partial charge in [0, 0.05) is 13.0 Å². The molecular weight excluding hydrogens is 782 g/mol. The Kier molecular flexibility index (Phi) is 41.8. The minimum atomic E-state index is -4.30. The summed E-state index contributed by atoms with van der Waals surface area (Å²) in [6.07, 6.45) is 61.3. The highest BCUT2D eigenvalue weighted by atomic mass is 31.2. The smallest absolute Gasteiger partial charge is 0.457 e. The highest BCUT2D eigenvalue weighted by Gasteiger charge is 2.26. The first-order valence-electron chi connectivity index (χ1n) is 23.6. The number of rotatable bonds is 42. The molecule has 2 unspecified atom stereocenters. The van der Waals surface area contributed by atoms with Gasteiger partial charge in [0.05, 0.1) is 34.4 Å². The first-order valence-corrected chi connectivity index (χ1v) is 25.1. The lowest BCUT2D eigenvalue weighted by atomic mass is 10.1. The maximum atomic E-state index is 12.7. The summed E-state index contributed by atoms with van der Waals surface area (Å²) in [7, 11) is 1.61. The molecule has 348 valence electrons. The normalized spacial score (nSPS) is 14.7. The van der Waals surface area contributed by atoms with Gasteiger partial charge < -0.3 is 18.9 Å². The van der Waals surface area contributed by atoms with Gasteiger partial charge in [0.25, 0.3) is 0 Å². The van der Waals surface area contributed by atoms with Crippen molar-refractivity contribution in [2.45, 2.75) is 161 Å². The van der Waals surface area contributed by atoms with E-state index in [1.807, 2.05) is 21.1 Å². The van der Waals surface area contributed by atoms with E-state index in [0.29, 0.717) is 24.1 Å². The summed E-state index contributed by atoms with van der Waals surface area (Å²) in [5.41, 5.74) is 0. The minimum Gasteiger partial charge on any atom is -0.457 e. The molecule has 2 atom stereocenters. The molecule has 0 saturated heterocycles. The minimum absolute atomic E-state index is 0.0716. The number of carbonyl (C=O) groups excluding carboxylic acids is 1. The second-order valence-corrected chi connectivity index (χ2v) is 17.8. The summed E-state index contributed by atoms with van der Waals surface area (Å²) in [5.74, 6) is -0.342. The highest BCUT2D eigenvalue weighted by molar-refractivity contribution is 7.47. The van der Waals surface area contributed by atoms with Crippen molar-refractivity contribution in [3.05, 3.63) is 109 Å². The molecule has 0 aromatic carbocycles. The van der Waals surface area contributed by atoms with Crippen LogP contribution in [0.4, 0.5) is 0 Å². The Morgan fingerprint density at radius 2 is 0.902 bits per heavy atom. The number of hydrogen-bond donors (Lipinski definition) is 1.